The fourth-order valence-corrected chi connectivity index (χ4v) is 10.6. The van der Waals surface area contributed by atoms with Gasteiger partial charge in [0.1, 0.15) is 35.5 Å². The van der Waals surface area contributed by atoms with Gasteiger partial charge < -0.3 is 48.7 Å². The maximum absolute atomic E-state index is 14.6. The van der Waals surface area contributed by atoms with E-state index in [9.17, 15) is 19.8 Å². The summed E-state index contributed by atoms with van der Waals surface area (Å²) in [6.45, 7) is 13.7. The van der Waals surface area contributed by atoms with E-state index in [2.05, 4.69) is 37.0 Å². The minimum Gasteiger partial charge on any atom is -0.462 e. The summed E-state index contributed by atoms with van der Waals surface area (Å²) in [5, 5.41) is 30.2. The standard InChI is InChI=1S/C47H68N2O12/c1-8-21-48-45(52)61-49-39-30(5)22-36-44(51)57-35-23-34(59-46(25-35)20-19-29(4)42(60-46)32-14-10-9-11-15-32)18-17-28(3)41(58-38-24-37(54-7)40(50)31(6)56-38)27(2)13-12-16-33-26-55-43(39)47(33,36)53/h8,12-13,16-17,22,27,29,31-32,34-38,40-43,50,53H,1,9-11,14-15,18-21,23-26H2,2-7H3,(H,48,52)/b13-12+,28-17+,33-16+,49-39+. The molecule has 0 aromatic carbocycles. The predicted molar refractivity (Wildman–Crippen MR) is 226 cm³/mol. The van der Waals surface area contributed by atoms with Crippen LogP contribution in [0.25, 0.3) is 0 Å². The molecule has 14 heteroatoms. The molecule has 1 amide bonds. The third-order valence-electron chi connectivity index (χ3n) is 14.1. The number of carbonyl (C=O) groups excluding carboxylic acids is 2. The quantitative estimate of drug-likeness (QED) is 0.110. The smallest absolute Gasteiger partial charge is 0.433 e. The molecule has 1 spiro atoms. The van der Waals surface area contributed by atoms with Crippen molar-refractivity contribution in [2.75, 3.05) is 20.3 Å². The SMILES string of the molecule is C=CCNC(=O)O/N=C1\C(C)=CC2C(=O)OC3CC(C/C=C(\C)C(OC4CC(OC)C(O)C(C)O4)C(C)/C=C/C=C4\COC1C42O)OC1(CCC(C)C(C2CCCCC2)O1)C3. The zero-order chi connectivity index (χ0) is 43.5. The Kier molecular flexibility index (Phi) is 14.8. The van der Waals surface area contributed by atoms with E-state index in [1.54, 1.807) is 26.2 Å². The van der Waals surface area contributed by atoms with E-state index in [1.165, 1.54) is 25.3 Å². The van der Waals surface area contributed by atoms with Crippen molar-refractivity contribution >= 4 is 17.8 Å². The summed E-state index contributed by atoms with van der Waals surface area (Å²) in [6.07, 6.45) is 14.5. The third-order valence-corrected chi connectivity index (χ3v) is 14.1. The Hall–Kier alpha value is -3.21. The topological polar surface area (TPSA) is 173 Å². The lowest BCUT2D eigenvalue weighted by Gasteiger charge is -2.51. The van der Waals surface area contributed by atoms with Crippen LogP contribution in [0.2, 0.25) is 0 Å². The summed E-state index contributed by atoms with van der Waals surface area (Å²) < 4.78 is 45.5. The van der Waals surface area contributed by atoms with E-state index in [4.69, 9.17) is 38.0 Å². The van der Waals surface area contributed by atoms with Crippen LogP contribution in [0.3, 0.4) is 0 Å². The van der Waals surface area contributed by atoms with Crippen LogP contribution < -0.4 is 5.32 Å². The molecule has 5 fully saturated rings. The molecule has 61 heavy (non-hydrogen) atoms. The van der Waals surface area contributed by atoms with E-state index in [1.807, 2.05) is 26.0 Å². The Morgan fingerprint density at radius 2 is 1.89 bits per heavy atom. The number of amides is 1. The van der Waals surface area contributed by atoms with Crippen LogP contribution in [-0.2, 0) is 42.8 Å². The molecule has 5 heterocycles. The second-order valence-corrected chi connectivity index (χ2v) is 18.5. The van der Waals surface area contributed by atoms with Crippen molar-refractivity contribution in [1.29, 1.82) is 0 Å². The van der Waals surface area contributed by atoms with Gasteiger partial charge in [-0.15, -0.1) is 6.58 Å². The number of allylic oxidation sites excluding steroid dienone is 2. The summed E-state index contributed by atoms with van der Waals surface area (Å²) in [5.41, 5.74) is 0.193. The van der Waals surface area contributed by atoms with Crippen molar-refractivity contribution < 1.29 is 57.8 Å². The van der Waals surface area contributed by atoms with E-state index in [0.717, 1.165) is 24.8 Å². The molecule has 14 atom stereocenters. The van der Waals surface area contributed by atoms with Crippen molar-refractivity contribution in [3.63, 3.8) is 0 Å². The number of aliphatic hydroxyl groups is 2. The van der Waals surface area contributed by atoms with Crippen LogP contribution in [0.1, 0.15) is 105 Å². The molecule has 5 aliphatic heterocycles. The summed E-state index contributed by atoms with van der Waals surface area (Å²) in [4.78, 5) is 32.2. The van der Waals surface area contributed by atoms with Crippen molar-refractivity contribution in [3.8, 4) is 0 Å². The summed E-state index contributed by atoms with van der Waals surface area (Å²) in [5.74, 6) is -2.05. The zero-order valence-electron chi connectivity index (χ0n) is 36.8. The lowest BCUT2D eigenvalue weighted by molar-refractivity contribution is -0.342. The van der Waals surface area contributed by atoms with E-state index in [-0.39, 0.29) is 37.0 Å². The lowest BCUT2D eigenvalue weighted by atomic mass is 9.71. The van der Waals surface area contributed by atoms with Crippen molar-refractivity contribution in [2.24, 2.45) is 28.8 Å². The van der Waals surface area contributed by atoms with Gasteiger partial charge in [0.15, 0.2) is 12.1 Å². The number of oxime groups is 1. The molecule has 7 aliphatic rings. The first-order valence-corrected chi connectivity index (χ1v) is 22.5. The van der Waals surface area contributed by atoms with E-state index >= 15 is 0 Å². The van der Waals surface area contributed by atoms with Gasteiger partial charge in [-0.3, -0.25) is 9.63 Å². The normalized spacial score (nSPS) is 44.1. The van der Waals surface area contributed by atoms with Crippen LogP contribution in [0.15, 0.2) is 64.9 Å². The molecular formula is C47H68N2O12. The molecule has 0 aromatic rings. The van der Waals surface area contributed by atoms with Crippen LogP contribution in [-0.4, -0.2) is 115 Å². The maximum atomic E-state index is 14.6. The highest BCUT2D eigenvalue weighted by molar-refractivity contribution is 6.07. The fraction of sp³-hybridized carbons (Fsp3) is 0.723. The maximum Gasteiger partial charge on any atom is 0.433 e. The van der Waals surface area contributed by atoms with Gasteiger partial charge in [0.2, 0.25) is 0 Å². The second-order valence-electron chi connectivity index (χ2n) is 18.5. The number of methoxy groups -OCH3 is 1. The Balaban J connectivity index is 1.25. The lowest BCUT2D eigenvalue weighted by Crippen LogP contribution is -2.58. The first-order valence-electron chi connectivity index (χ1n) is 22.5. The van der Waals surface area contributed by atoms with Gasteiger partial charge >= 0.3 is 12.1 Å². The number of fused-ring (bicyclic) bond motifs is 2. The van der Waals surface area contributed by atoms with Crippen molar-refractivity contribution in [2.45, 2.75) is 172 Å². The van der Waals surface area contributed by atoms with Crippen molar-refractivity contribution in [1.82, 2.24) is 5.32 Å². The van der Waals surface area contributed by atoms with Gasteiger partial charge in [0.05, 0.1) is 37.1 Å². The Morgan fingerprint density at radius 3 is 2.64 bits per heavy atom. The van der Waals surface area contributed by atoms with Gasteiger partial charge in [0.25, 0.3) is 0 Å². The molecule has 7 rings (SSSR count). The summed E-state index contributed by atoms with van der Waals surface area (Å²) in [7, 11) is 1.58. The minimum absolute atomic E-state index is 0.0170. The van der Waals surface area contributed by atoms with E-state index in [0.29, 0.717) is 55.1 Å². The van der Waals surface area contributed by atoms with Crippen LogP contribution in [0, 0.1) is 23.7 Å². The molecule has 14 nitrogen and oxygen atoms in total. The Bertz CT molecular complexity index is 1750. The summed E-state index contributed by atoms with van der Waals surface area (Å²) >= 11 is 0. The predicted octanol–water partition coefficient (Wildman–Crippen LogP) is 6.51. The Morgan fingerprint density at radius 1 is 1.10 bits per heavy atom. The molecule has 14 unspecified atom stereocenters. The highest BCUT2D eigenvalue weighted by Gasteiger charge is 2.60. The molecule has 2 bridgehead atoms. The van der Waals surface area contributed by atoms with Gasteiger partial charge in [0, 0.05) is 45.3 Å². The number of aliphatic hydroxyl groups excluding tert-OH is 1. The van der Waals surface area contributed by atoms with Crippen molar-refractivity contribution in [3.05, 3.63) is 59.8 Å². The number of nitrogens with zero attached hydrogens (tertiary/aromatic N) is 1. The number of nitrogens with one attached hydrogen (secondary N) is 1. The highest BCUT2D eigenvalue weighted by atomic mass is 16.7. The van der Waals surface area contributed by atoms with Crippen LogP contribution in [0.4, 0.5) is 4.79 Å². The Labute approximate surface area is 360 Å². The number of hydrogen-bond acceptors (Lipinski definition) is 13. The average Bonchev–Trinajstić information content (AvgIpc) is 3.58. The van der Waals surface area contributed by atoms with Crippen LogP contribution >= 0.6 is 0 Å². The number of hydrogen-bond donors (Lipinski definition) is 3. The number of esters is 1. The summed E-state index contributed by atoms with van der Waals surface area (Å²) in [6, 6.07) is 0. The third kappa shape index (κ3) is 9.97. The van der Waals surface area contributed by atoms with E-state index < -0.39 is 72.3 Å². The van der Waals surface area contributed by atoms with Crippen LogP contribution in [0.5, 0.6) is 0 Å². The molecule has 2 aliphatic carbocycles. The molecule has 1 saturated carbocycles. The fourth-order valence-electron chi connectivity index (χ4n) is 10.6. The highest BCUT2D eigenvalue weighted by Crippen LogP contribution is 2.48. The minimum atomic E-state index is -1.92. The molecule has 0 radical (unpaired) electrons. The number of ether oxygens (including phenoxy) is 7. The largest absolute Gasteiger partial charge is 0.462 e. The molecule has 3 N–H and O–H groups in total. The monoisotopic (exact) mass is 852 g/mol. The molecular weight excluding hydrogens is 785 g/mol. The number of carbonyl (C=O) groups is 2. The molecule has 4 saturated heterocycles. The second kappa shape index (κ2) is 19.7. The van der Waals surface area contributed by atoms with Gasteiger partial charge in [-0.2, -0.15) is 0 Å². The first-order chi connectivity index (χ1) is 29.2. The van der Waals surface area contributed by atoms with Gasteiger partial charge in [-0.1, -0.05) is 74.7 Å². The average molecular weight is 853 g/mol. The zero-order valence-corrected chi connectivity index (χ0v) is 36.8. The first kappa shape index (κ1) is 45.8. The van der Waals surface area contributed by atoms with Gasteiger partial charge in [-0.05, 0) is 75.0 Å². The number of rotatable bonds is 7. The molecule has 338 valence electrons. The molecule has 0 aromatic heterocycles. The van der Waals surface area contributed by atoms with Gasteiger partial charge in [-0.25, -0.2) is 4.79 Å².